The number of hydrogen-bond acceptors (Lipinski definition) is 2. The summed E-state index contributed by atoms with van der Waals surface area (Å²) < 4.78 is 12.5. The molecule has 0 bridgehead atoms. The molecule has 1 atom stereocenters. The van der Waals surface area contributed by atoms with Gasteiger partial charge in [0.2, 0.25) is 5.91 Å². The molecule has 0 aliphatic heterocycles. The van der Waals surface area contributed by atoms with Crippen LogP contribution in [-0.4, -0.2) is 11.1 Å². The maximum absolute atomic E-state index is 12.5. The number of amides is 1. The fourth-order valence-electron chi connectivity index (χ4n) is 1.41. The molecule has 0 saturated heterocycles. The molecule has 78 valence electrons. The highest BCUT2D eigenvalue weighted by Gasteiger charge is 2.34. The first-order valence-corrected chi connectivity index (χ1v) is 5.02. The minimum absolute atomic E-state index is 0.251. The number of nitrogens with one attached hydrogen (secondary N) is 1. The van der Waals surface area contributed by atoms with Gasteiger partial charge in [-0.05, 0) is 6.42 Å². The number of hydrogen-bond donors (Lipinski definition) is 2. The van der Waals surface area contributed by atoms with Crippen molar-refractivity contribution in [2.75, 3.05) is 0 Å². The minimum Gasteiger partial charge on any atom is -0.294 e. The minimum atomic E-state index is -0.669. The number of carbonyl (C=O) groups excluding carboxylic acids is 1. The van der Waals surface area contributed by atoms with E-state index < -0.39 is 19.5 Å². The molecule has 0 saturated carbocycles. The van der Waals surface area contributed by atoms with Gasteiger partial charge in [-0.25, -0.2) is 10.0 Å². The van der Waals surface area contributed by atoms with Gasteiger partial charge in [0.1, 0.15) is 0 Å². The molecular formula is C8H18FN2OP. The smallest absolute Gasteiger partial charge is 0.239 e. The molecule has 0 aliphatic carbocycles. The highest BCUT2D eigenvalue weighted by Crippen LogP contribution is 2.41. The second kappa shape index (κ2) is 4.34. The van der Waals surface area contributed by atoms with Gasteiger partial charge in [0.25, 0.3) is 0 Å². The summed E-state index contributed by atoms with van der Waals surface area (Å²) in [6.07, 6.45) is 0.484. The van der Waals surface area contributed by atoms with Crippen LogP contribution < -0.4 is 11.3 Å². The van der Waals surface area contributed by atoms with Gasteiger partial charge in [-0.15, -0.1) is 0 Å². The molecule has 3 nitrogen and oxygen atoms in total. The van der Waals surface area contributed by atoms with Crippen LogP contribution in [0.25, 0.3) is 0 Å². The van der Waals surface area contributed by atoms with E-state index in [1.807, 2.05) is 0 Å². The second-order valence-electron chi connectivity index (χ2n) is 4.51. The fourth-order valence-corrected chi connectivity index (χ4v) is 1.92. The summed E-state index contributed by atoms with van der Waals surface area (Å²) in [4.78, 5) is 11.3. The van der Waals surface area contributed by atoms with E-state index in [9.17, 15) is 8.99 Å². The van der Waals surface area contributed by atoms with Gasteiger partial charge in [-0.2, -0.15) is 0 Å². The Hall–Kier alpha value is -0.210. The van der Waals surface area contributed by atoms with Crippen LogP contribution in [0.15, 0.2) is 0 Å². The predicted molar refractivity (Wildman–Crippen MR) is 54.2 cm³/mol. The molecule has 0 rings (SSSR count). The van der Waals surface area contributed by atoms with Crippen molar-refractivity contribution in [3.05, 3.63) is 0 Å². The largest absolute Gasteiger partial charge is 0.294 e. The Kier molecular flexibility index (Phi) is 4.27. The highest BCUT2D eigenvalue weighted by molar-refractivity contribution is 7.33. The molecular weight excluding hydrogens is 190 g/mol. The Morgan fingerprint density at radius 2 is 1.92 bits per heavy atom. The van der Waals surface area contributed by atoms with E-state index in [2.05, 4.69) is 5.43 Å². The summed E-state index contributed by atoms with van der Waals surface area (Å²) in [5.41, 5.74) is 1.48. The molecule has 0 aromatic carbocycles. The van der Waals surface area contributed by atoms with Gasteiger partial charge in [0, 0.05) is 10.6 Å². The molecule has 0 aromatic rings. The van der Waals surface area contributed by atoms with Crippen molar-refractivity contribution < 1.29 is 8.99 Å². The van der Waals surface area contributed by atoms with Crippen molar-refractivity contribution in [1.29, 1.82) is 0 Å². The van der Waals surface area contributed by atoms with E-state index >= 15 is 0 Å². The van der Waals surface area contributed by atoms with Crippen LogP contribution in [-0.2, 0) is 4.79 Å². The molecule has 0 heterocycles. The monoisotopic (exact) mass is 208 g/mol. The summed E-state index contributed by atoms with van der Waals surface area (Å²) in [5.74, 6) is 4.78. The summed E-state index contributed by atoms with van der Waals surface area (Å²) in [6, 6.07) is 0. The standard InChI is InChI=1S/C8H18FN2OP/c1-7(2,6(12)11-10)5-8(3,4)13-9/h13H,5,10H2,1-4H3,(H,11,12). The van der Waals surface area contributed by atoms with E-state index in [0.29, 0.717) is 6.42 Å². The third-order valence-electron chi connectivity index (χ3n) is 1.89. The first kappa shape index (κ1) is 12.8. The summed E-state index contributed by atoms with van der Waals surface area (Å²) in [6.45, 7) is 7.13. The first-order valence-electron chi connectivity index (χ1n) is 4.14. The molecule has 0 radical (unpaired) electrons. The van der Waals surface area contributed by atoms with Gasteiger partial charge < -0.3 is 0 Å². The maximum Gasteiger partial charge on any atom is 0.239 e. The van der Waals surface area contributed by atoms with Crippen molar-refractivity contribution in [2.45, 2.75) is 39.3 Å². The van der Waals surface area contributed by atoms with Crippen LogP contribution in [0.3, 0.4) is 0 Å². The topological polar surface area (TPSA) is 55.1 Å². The summed E-state index contributed by atoms with van der Waals surface area (Å²) in [5, 5.41) is -0.448. The van der Waals surface area contributed by atoms with Crippen LogP contribution in [0.1, 0.15) is 34.1 Å². The Labute approximate surface area is 80.5 Å². The maximum atomic E-state index is 12.5. The molecule has 0 spiro atoms. The number of rotatable bonds is 4. The normalized spacial score (nSPS) is 13.7. The molecule has 5 heteroatoms. The van der Waals surface area contributed by atoms with Crippen LogP contribution in [0, 0.1) is 5.41 Å². The number of halogens is 1. The average molecular weight is 208 g/mol. The molecule has 0 aliphatic rings. The SMILES string of the molecule is CC(C)(CC(C)(C)C(=O)NN)PF. The lowest BCUT2D eigenvalue weighted by Crippen LogP contribution is -2.43. The van der Waals surface area contributed by atoms with Crippen molar-refractivity contribution in [1.82, 2.24) is 5.43 Å². The van der Waals surface area contributed by atoms with Crippen LogP contribution in [0.2, 0.25) is 0 Å². The van der Waals surface area contributed by atoms with Crippen molar-refractivity contribution in [2.24, 2.45) is 11.3 Å². The number of hydrazine groups is 1. The average Bonchev–Trinajstić information content (AvgIpc) is 2.01. The first-order chi connectivity index (χ1) is 5.75. The predicted octanol–water partition coefficient (Wildman–Crippen LogP) is 1.73. The van der Waals surface area contributed by atoms with Gasteiger partial charge in [-0.3, -0.25) is 10.2 Å². The van der Waals surface area contributed by atoms with Gasteiger partial charge >= 0.3 is 0 Å². The number of carbonyl (C=O) groups is 1. The zero-order valence-corrected chi connectivity index (χ0v) is 9.57. The zero-order chi connectivity index (χ0) is 10.7. The molecule has 3 N–H and O–H groups in total. The Bertz CT molecular complexity index is 195. The Balaban J connectivity index is 4.41. The summed E-state index contributed by atoms with van der Waals surface area (Å²) >= 11 is 0. The van der Waals surface area contributed by atoms with Gasteiger partial charge in [0.15, 0.2) is 0 Å². The fraction of sp³-hybridized carbons (Fsp3) is 0.875. The molecule has 13 heavy (non-hydrogen) atoms. The Morgan fingerprint density at radius 1 is 1.46 bits per heavy atom. The zero-order valence-electron chi connectivity index (χ0n) is 8.57. The van der Waals surface area contributed by atoms with E-state index in [1.165, 1.54) is 0 Å². The lowest BCUT2D eigenvalue weighted by Gasteiger charge is -2.30. The van der Waals surface area contributed by atoms with Crippen molar-refractivity contribution >= 4 is 14.8 Å². The van der Waals surface area contributed by atoms with E-state index in [1.54, 1.807) is 27.7 Å². The lowest BCUT2D eigenvalue weighted by molar-refractivity contribution is -0.130. The van der Waals surface area contributed by atoms with Gasteiger partial charge in [0.05, 0.1) is 8.89 Å². The molecule has 1 amide bonds. The van der Waals surface area contributed by atoms with E-state index in [0.717, 1.165) is 0 Å². The molecule has 0 aromatic heterocycles. The Morgan fingerprint density at radius 3 is 2.23 bits per heavy atom. The van der Waals surface area contributed by atoms with Gasteiger partial charge in [-0.1, -0.05) is 27.7 Å². The quantitative estimate of drug-likeness (QED) is 0.320. The number of nitrogens with two attached hydrogens (primary N) is 1. The third kappa shape index (κ3) is 4.01. The second-order valence-corrected chi connectivity index (χ2v) is 6.06. The summed E-state index contributed by atoms with van der Waals surface area (Å²) in [7, 11) is -0.669. The third-order valence-corrected chi connectivity index (χ3v) is 2.57. The lowest BCUT2D eigenvalue weighted by atomic mass is 9.83. The highest BCUT2D eigenvalue weighted by atomic mass is 31.1. The van der Waals surface area contributed by atoms with Crippen molar-refractivity contribution in [3.63, 3.8) is 0 Å². The van der Waals surface area contributed by atoms with E-state index in [-0.39, 0.29) is 5.91 Å². The van der Waals surface area contributed by atoms with E-state index in [4.69, 9.17) is 5.84 Å². The molecule has 1 unspecified atom stereocenters. The van der Waals surface area contributed by atoms with Crippen LogP contribution in [0.5, 0.6) is 0 Å². The molecule has 0 fully saturated rings. The van der Waals surface area contributed by atoms with Crippen molar-refractivity contribution in [3.8, 4) is 0 Å². The van der Waals surface area contributed by atoms with Crippen LogP contribution in [0.4, 0.5) is 4.20 Å². The van der Waals surface area contributed by atoms with Crippen LogP contribution >= 0.6 is 8.89 Å².